The fraction of sp³-hybridized carbons (Fsp3) is 0.250. The van der Waals surface area contributed by atoms with Gasteiger partial charge in [-0.2, -0.15) is 0 Å². The number of carbonyl (C=O) groups is 1. The Bertz CT molecular complexity index is 533. The zero-order chi connectivity index (χ0) is 12.8. The van der Waals surface area contributed by atoms with E-state index in [1.54, 1.807) is 42.3 Å². The highest BCUT2D eigenvalue weighted by atomic mass is 32.2. The van der Waals surface area contributed by atoms with Crippen LogP contribution in [-0.2, 0) is 9.53 Å². The summed E-state index contributed by atoms with van der Waals surface area (Å²) in [6.07, 6.45) is 4.99. The highest BCUT2D eigenvalue weighted by Gasteiger charge is 2.03. The number of hydrogen-bond donors (Lipinski definition) is 0. The first-order chi connectivity index (χ1) is 8.79. The SMILES string of the molecule is CCOC(=O)C=CCSc1nc2cccnc2s1. The van der Waals surface area contributed by atoms with E-state index in [0.29, 0.717) is 12.4 Å². The maximum atomic E-state index is 11.1. The van der Waals surface area contributed by atoms with Gasteiger partial charge in [0, 0.05) is 18.0 Å². The number of hydrogen-bond acceptors (Lipinski definition) is 6. The van der Waals surface area contributed by atoms with Gasteiger partial charge in [-0.1, -0.05) is 29.2 Å². The Labute approximate surface area is 113 Å². The van der Waals surface area contributed by atoms with Crippen molar-refractivity contribution in [2.45, 2.75) is 11.3 Å². The largest absolute Gasteiger partial charge is 0.463 e. The minimum atomic E-state index is -0.302. The minimum absolute atomic E-state index is 0.302. The number of fused-ring (bicyclic) bond motifs is 1. The lowest BCUT2D eigenvalue weighted by Crippen LogP contribution is -1.98. The number of thiazole rings is 1. The molecule has 0 spiro atoms. The monoisotopic (exact) mass is 280 g/mol. The van der Waals surface area contributed by atoms with E-state index in [9.17, 15) is 4.79 Å². The van der Waals surface area contributed by atoms with E-state index in [4.69, 9.17) is 4.74 Å². The lowest BCUT2D eigenvalue weighted by molar-refractivity contribution is -0.137. The van der Waals surface area contributed by atoms with Crippen molar-refractivity contribution in [3.8, 4) is 0 Å². The van der Waals surface area contributed by atoms with Crippen molar-refractivity contribution in [3.63, 3.8) is 0 Å². The number of pyridine rings is 1. The fourth-order valence-electron chi connectivity index (χ4n) is 1.27. The lowest BCUT2D eigenvalue weighted by atomic mass is 10.5. The normalized spacial score (nSPS) is 11.2. The zero-order valence-electron chi connectivity index (χ0n) is 9.83. The Morgan fingerprint density at radius 2 is 2.50 bits per heavy atom. The third kappa shape index (κ3) is 3.54. The Morgan fingerprint density at radius 3 is 3.28 bits per heavy atom. The van der Waals surface area contributed by atoms with Crippen molar-refractivity contribution in [3.05, 3.63) is 30.5 Å². The van der Waals surface area contributed by atoms with Gasteiger partial charge < -0.3 is 4.74 Å². The second-order valence-corrected chi connectivity index (χ2v) is 5.52. The third-order valence-corrected chi connectivity index (χ3v) is 4.07. The summed E-state index contributed by atoms with van der Waals surface area (Å²) in [6, 6.07) is 3.81. The van der Waals surface area contributed by atoms with Crippen LogP contribution in [0.15, 0.2) is 34.8 Å². The number of ether oxygens (including phenoxy) is 1. The predicted octanol–water partition coefficient (Wildman–Crippen LogP) is 2.90. The number of nitrogens with zero attached hydrogens (tertiary/aromatic N) is 2. The van der Waals surface area contributed by atoms with Gasteiger partial charge in [0.1, 0.15) is 10.3 Å². The summed E-state index contributed by atoms with van der Waals surface area (Å²) >= 11 is 3.14. The molecule has 2 aromatic rings. The second kappa shape index (κ2) is 6.51. The van der Waals surface area contributed by atoms with Gasteiger partial charge in [-0.25, -0.2) is 14.8 Å². The van der Waals surface area contributed by atoms with Crippen molar-refractivity contribution in [1.29, 1.82) is 0 Å². The van der Waals surface area contributed by atoms with Crippen molar-refractivity contribution < 1.29 is 9.53 Å². The summed E-state index contributed by atoms with van der Waals surface area (Å²) < 4.78 is 5.74. The first kappa shape index (κ1) is 13.0. The number of esters is 1. The molecular weight excluding hydrogens is 268 g/mol. The van der Waals surface area contributed by atoms with Crippen LogP contribution in [0.2, 0.25) is 0 Å². The van der Waals surface area contributed by atoms with Crippen LogP contribution >= 0.6 is 23.1 Å². The molecule has 0 aliphatic rings. The van der Waals surface area contributed by atoms with Crippen LogP contribution in [0.3, 0.4) is 0 Å². The molecule has 6 heteroatoms. The molecule has 0 amide bonds. The van der Waals surface area contributed by atoms with Crippen molar-refractivity contribution in [2.75, 3.05) is 12.4 Å². The summed E-state index contributed by atoms with van der Waals surface area (Å²) in [4.78, 5) is 20.7. The average Bonchev–Trinajstić information content (AvgIpc) is 2.77. The standard InChI is InChI=1S/C12H12N2O2S2/c1-2-16-10(15)6-4-8-17-12-14-9-5-3-7-13-11(9)18-12/h3-7H,2,8H2,1H3. The van der Waals surface area contributed by atoms with Gasteiger partial charge in [0.2, 0.25) is 0 Å². The summed E-state index contributed by atoms with van der Waals surface area (Å²) in [7, 11) is 0. The number of thioether (sulfide) groups is 1. The highest BCUT2D eigenvalue weighted by molar-refractivity contribution is 8.01. The summed E-state index contributed by atoms with van der Waals surface area (Å²) in [5.74, 6) is 0.391. The molecule has 0 N–H and O–H groups in total. The van der Waals surface area contributed by atoms with Crippen LogP contribution in [0.5, 0.6) is 0 Å². The molecule has 94 valence electrons. The maximum Gasteiger partial charge on any atom is 0.330 e. The molecule has 0 saturated carbocycles. The summed E-state index contributed by atoms with van der Waals surface area (Å²) in [5.41, 5.74) is 0.916. The van der Waals surface area contributed by atoms with E-state index in [1.807, 2.05) is 12.1 Å². The van der Waals surface area contributed by atoms with E-state index in [2.05, 4.69) is 9.97 Å². The van der Waals surface area contributed by atoms with Crippen LogP contribution < -0.4 is 0 Å². The van der Waals surface area contributed by atoms with Gasteiger partial charge in [0.15, 0.2) is 4.34 Å². The number of rotatable bonds is 5. The van der Waals surface area contributed by atoms with Crippen LogP contribution in [0.1, 0.15) is 6.92 Å². The summed E-state index contributed by atoms with van der Waals surface area (Å²) in [6.45, 7) is 2.19. The smallest absolute Gasteiger partial charge is 0.330 e. The molecule has 0 fully saturated rings. The quantitative estimate of drug-likeness (QED) is 0.479. The molecule has 0 saturated heterocycles. The molecular formula is C12H12N2O2S2. The molecule has 0 aliphatic carbocycles. The zero-order valence-corrected chi connectivity index (χ0v) is 11.5. The molecule has 0 aromatic carbocycles. The molecule has 0 aliphatic heterocycles. The van der Waals surface area contributed by atoms with E-state index < -0.39 is 0 Å². The van der Waals surface area contributed by atoms with E-state index >= 15 is 0 Å². The summed E-state index contributed by atoms with van der Waals surface area (Å²) in [5, 5.41) is 0. The molecule has 0 atom stereocenters. The third-order valence-electron chi connectivity index (χ3n) is 1.99. The van der Waals surface area contributed by atoms with E-state index in [-0.39, 0.29) is 5.97 Å². The first-order valence-corrected chi connectivity index (χ1v) is 7.27. The predicted molar refractivity (Wildman–Crippen MR) is 73.9 cm³/mol. The molecule has 18 heavy (non-hydrogen) atoms. The van der Waals surface area contributed by atoms with Crippen molar-refractivity contribution in [2.24, 2.45) is 0 Å². The van der Waals surface area contributed by atoms with Gasteiger partial charge in [-0.3, -0.25) is 0 Å². The van der Waals surface area contributed by atoms with Gasteiger partial charge >= 0.3 is 5.97 Å². The van der Waals surface area contributed by atoms with Crippen LogP contribution in [0, 0.1) is 0 Å². The fourth-order valence-corrected chi connectivity index (χ4v) is 3.08. The topological polar surface area (TPSA) is 52.1 Å². The molecule has 2 aromatic heterocycles. The molecule has 0 bridgehead atoms. The van der Waals surface area contributed by atoms with E-state index in [0.717, 1.165) is 14.7 Å². The molecule has 0 unspecified atom stereocenters. The Balaban J connectivity index is 1.88. The Morgan fingerprint density at radius 1 is 1.61 bits per heavy atom. The van der Waals surface area contributed by atoms with Crippen molar-refractivity contribution in [1.82, 2.24) is 9.97 Å². The highest BCUT2D eigenvalue weighted by Crippen LogP contribution is 2.27. The van der Waals surface area contributed by atoms with Gasteiger partial charge in [0.05, 0.1) is 6.61 Å². The van der Waals surface area contributed by atoms with Gasteiger partial charge in [0.25, 0.3) is 0 Å². The minimum Gasteiger partial charge on any atom is -0.463 e. The first-order valence-electron chi connectivity index (χ1n) is 5.47. The van der Waals surface area contributed by atoms with Crippen LogP contribution in [0.4, 0.5) is 0 Å². The number of aromatic nitrogens is 2. The van der Waals surface area contributed by atoms with E-state index in [1.165, 1.54) is 6.08 Å². The van der Waals surface area contributed by atoms with Crippen LogP contribution in [-0.4, -0.2) is 28.3 Å². The second-order valence-electron chi connectivity index (χ2n) is 3.27. The Kier molecular flexibility index (Phi) is 4.72. The van der Waals surface area contributed by atoms with Crippen LogP contribution in [0.25, 0.3) is 10.3 Å². The molecule has 4 nitrogen and oxygen atoms in total. The molecule has 2 heterocycles. The maximum absolute atomic E-state index is 11.1. The average molecular weight is 280 g/mol. The van der Waals surface area contributed by atoms with Gasteiger partial charge in [-0.05, 0) is 19.1 Å². The lowest BCUT2D eigenvalue weighted by Gasteiger charge is -1.94. The number of carbonyl (C=O) groups excluding carboxylic acids is 1. The molecule has 0 radical (unpaired) electrons. The van der Waals surface area contributed by atoms with Gasteiger partial charge in [-0.15, -0.1) is 0 Å². The molecule has 2 rings (SSSR count). The van der Waals surface area contributed by atoms with Crippen molar-refractivity contribution >= 4 is 39.4 Å². The Hall–Kier alpha value is -1.40.